The fraction of sp³-hybridized carbons (Fsp3) is 0.421. The van der Waals surface area contributed by atoms with E-state index in [1.54, 1.807) is 13.2 Å². The minimum Gasteiger partial charge on any atom is -0.497 e. The summed E-state index contributed by atoms with van der Waals surface area (Å²) in [6, 6.07) is 7.64. The quantitative estimate of drug-likeness (QED) is 0.593. The van der Waals surface area contributed by atoms with Crippen molar-refractivity contribution in [2.45, 2.75) is 50.2 Å². The van der Waals surface area contributed by atoms with Crippen LogP contribution in [0.4, 0.5) is 0 Å². The van der Waals surface area contributed by atoms with Gasteiger partial charge in [-0.2, -0.15) is 0 Å². The van der Waals surface area contributed by atoms with E-state index < -0.39 is 0 Å². The van der Waals surface area contributed by atoms with Crippen LogP contribution in [0.2, 0.25) is 0 Å². The van der Waals surface area contributed by atoms with Crippen molar-refractivity contribution >= 4 is 17.7 Å². The zero-order valence-electron chi connectivity index (χ0n) is 15.9. The molecule has 0 radical (unpaired) electrons. The molecule has 0 aliphatic rings. The van der Waals surface area contributed by atoms with Gasteiger partial charge in [0.25, 0.3) is 0 Å². The maximum Gasteiger partial charge on any atom is 0.233 e. The number of methoxy groups -OCH3 is 1. The number of thioether (sulfide) groups is 1. The van der Waals surface area contributed by atoms with Crippen LogP contribution < -0.4 is 10.1 Å². The number of carbonyl (C=O) groups excluding carboxylic acids is 1. The van der Waals surface area contributed by atoms with Crippen molar-refractivity contribution in [3.63, 3.8) is 0 Å². The summed E-state index contributed by atoms with van der Waals surface area (Å²) in [5.41, 5.74) is 0.661. The molecule has 1 amide bonds. The topological polar surface area (TPSA) is 69.0 Å². The van der Waals surface area contributed by atoms with Gasteiger partial charge in [-0.15, -0.1) is 16.8 Å². The highest BCUT2D eigenvalue weighted by molar-refractivity contribution is 8.00. The van der Waals surface area contributed by atoms with Crippen LogP contribution in [0.15, 0.2) is 42.1 Å². The summed E-state index contributed by atoms with van der Waals surface area (Å²) in [7, 11) is 1.63. The van der Waals surface area contributed by atoms with Crippen molar-refractivity contribution in [1.29, 1.82) is 0 Å². The zero-order valence-corrected chi connectivity index (χ0v) is 16.8. The molecule has 1 N–H and O–H groups in total. The lowest BCUT2D eigenvalue weighted by molar-refractivity contribution is -0.121. The lowest BCUT2D eigenvalue weighted by Gasteiger charge is -2.22. The summed E-state index contributed by atoms with van der Waals surface area (Å²) in [4.78, 5) is 12.4. The summed E-state index contributed by atoms with van der Waals surface area (Å²) in [6.07, 6.45) is 1.79. The monoisotopic (exact) mass is 374 g/mol. The highest BCUT2D eigenvalue weighted by Gasteiger charge is 2.23. The minimum atomic E-state index is -0.286. The molecule has 2 aromatic rings. The SMILES string of the molecule is C=CCn1c(S[C@H](C)C(=O)NC(C)(C)C)nnc1-c1ccc(OC)cc1. The predicted molar refractivity (Wildman–Crippen MR) is 105 cm³/mol. The maximum atomic E-state index is 12.4. The van der Waals surface area contributed by atoms with Crippen LogP contribution in [0.25, 0.3) is 11.4 Å². The second kappa shape index (κ2) is 8.40. The summed E-state index contributed by atoms with van der Waals surface area (Å²) >= 11 is 1.39. The van der Waals surface area contributed by atoms with Crippen molar-refractivity contribution in [3.8, 4) is 17.1 Å². The van der Waals surface area contributed by atoms with Crippen molar-refractivity contribution in [2.24, 2.45) is 0 Å². The largest absolute Gasteiger partial charge is 0.497 e. The van der Waals surface area contributed by atoms with Gasteiger partial charge in [-0.1, -0.05) is 17.8 Å². The molecule has 0 saturated heterocycles. The van der Waals surface area contributed by atoms with Crippen molar-refractivity contribution in [1.82, 2.24) is 20.1 Å². The Bertz CT molecular complexity index is 763. The van der Waals surface area contributed by atoms with Crippen LogP contribution in [0.3, 0.4) is 0 Å². The third-order valence-electron chi connectivity index (χ3n) is 3.53. The molecule has 7 heteroatoms. The zero-order chi connectivity index (χ0) is 19.3. The molecule has 6 nitrogen and oxygen atoms in total. The number of benzene rings is 1. The van der Waals surface area contributed by atoms with E-state index in [-0.39, 0.29) is 16.7 Å². The first-order chi connectivity index (χ1) is 12.2. The molecular weight excluding hydrogens is 348 g/mol. The third-order valence-corrected chi connectivity index (χ3v) is 4.61. The predicted octanol–water partition coefficient (Wildman–Crippen LogP) is 3.54. The summed E-state index contributed by atoms with van der Waals surface area (Å²) in [5, 5.41) is 12.0. The molecule has 0 saturated carbocycles. The Kier molecular flexibility index (Phi) is 6.47. The maximum absolute atomic E-state index is 12.4. The van der Waals surface area contributed by atoms with Crippen LogP contribution in [0.1, 0.15) is 27.7 Å². The van der Waals surface area contributed by atoms with E-state index in [4.69, 9.17) is 4.74 Å². The fourth-order valence-corrected chi connectivity index (χ4v) is 3.16. The number of hydrogen-bond donors (Lipinski definition) is 1. The highest BCUT2D eigenvalue weighted by Crippen LogP contribution is 2.28. The Labute approximate surface area is 159 Å². The lowest BCUT2D eigenvalue weighted by Crippen LogP contribution is -2.44. The smallest absolute Gasteiger partial charge is 0.233 e. The second-order valence-electron chi connectivity index (χ2n) is 6.93. The number of allylic oxidation sites excluding steroid dienone is 1. The van der Waals surface area contributed by atoms with Gasteiger partial charge in [0.05, 0.1) is 12.4 Å². The Hall–Kier alpha value is -2.28. The Morgan fingerprint density at radius 2 is 2.00 bits per heavy atom. The fourth-order valence-electron chi connectivity index (χ4n) is 2.31. The van der Waals surface area contributed by atoms with E-state index in [1.165, 1.54) is 11.8 Å². The lowest BCUT2D eigenvalue weighted by atomic mass is 10.1. The average molecular weight is 375 g/mol. The third kappa shape index (κ3) is 5.11. The molecule has 1 aromatic carbocycles. The molecule has 0 bridgehead atoms. The first-order valence-corrected chi connectivity index (χ1v) is 9.30. The van der Waals surface area contributed by atoms with Crippen molar-refractivity contribution in [3.05, 3.63) is 36.9 Å². The van der Waals surface area contributed by atoms with Crippen LogP contribution in [0, 0.1) is 0 Å². The van der Waals surface area contributed by atoms with Crippen molar-refractivity contribution < 1.29 is 9.53 Å². The van der Waals surface area contributed by atoms with E-state index >= 15 is 0 Å². The molecule has 1 aromatic heterocycles. The molecule has 26 heavy (non-hydrogen) atoms. The van der Waals surface area contributed by atoms with Gasteiger partial charge in [0, 0.05) is 17.6 Å². The van der Waals surface area contributed by atoms with E-state index in [2.05, 4.69) is 22.1 Å². The normalized spacial score (nSPS) is 12.5. The number of amides is 1. The van der Waals surface area contributed by atoms with E-state index in [1.807, 2.05) is 56.5 Å². The van der Waals surface area contributed by atoms with E-state index in [9.17, 15) is 4.79 Å². The van der Waals surface area contributed by atoms with Crippen LogP contribution in [-0.4, -0.2) is 38.6 Å². The number of aromatic nitrogens is 3. The molecule has 0 aliphatic heterocycles. The molecule has 140 valence electrons. The average Bonchev–Trinajstić information content (AvgIpc) is 2.96. The summed E-state index contributed by atoms with van der Waals surface area (Å²) in [5.74, 6) is 1.49. The number of rotatable bonds is 7. The molecule has 2 rings (SSSR count). The minimum absolute atomic E-state index is 0.0262. The molecule has 1 atom stereocenters. The van der Waals surface area contributed by atoms with Crippen molar-refractivity contribution in [2.75, 3.05) is 7.11 Å². The standard InChI is InChI=1S/C19H26N4O2S/c1-7-12-23-16(14-8-10-15(25-6)11-9-14)21-22-18(23)26-13(2)17(24)20-19(3,4)5/h7-11,13H,1,12H2,2-6H3,(H,20,24)/t13-/m1/s1. The number of nitrogens with one attached hydrogen (secondary N) is 1. The summed E-state index contributed by atoms with van der Waals surface area (Å²) < 4.78 is 7.16. The van der Waals surface area contributed by atoms with Gasteiger partial charge in [-0.05, 0) is 52.0 Å². The molecule has 1 heterocycles. The molecule has 0 fully saturated rings. The first kappa shape index (κ1) is 20.0. The van der Waals surface area contributed by atoms with Gasteiger partial charge in [0.1, 0.15) is 5.75 Å². The van der Waals surface area contributed by atoms with Crippen LogP contribution in [-0.2, 0) is 11.3 Å². The van der Waals surface area contributed by atoms with Gasteiger partial charge in [0.15, 0.2) is 11.0 Å². The van der Waals surface area contributed by atoms with Gasteiger partial charge >= 0.3 is 0 Å². The number of carbonyl (C=O) groups is 1. The van der Waals surface area contributed by atoms with E-state index in [0.717, 1.165) is 17.1 Å². The van der Waals surface area contributed by atoms with E-state index in [0.29, 0.717) is 11.7 Å². The van der Waals surface area contributed by atoms with Gasteiger partial charge in [0.2, 0.25) is 5.91 Å². The number of nitrogens with zero attached hydrogens (tertiary/aromatic N) is 3. The molecular formula is C19H26N4O2S. The Morgan fingerprint density at radius 1 is 1.35 bits per heavy atom. The number of hydrogen-bond acceptors (Lipinski definition) is 5. The second-order valence-corrected chi connectivity index (χ2v) is 8.24. The van der Waals surface area contributed by atoms with Gasteiger partial charge < -0.3 is 10.1 Å². The van der Waals surface area contributed by atoms with Crippen LogP contribution in [0.5, 0.6) is 5.75 Å². The molecule has 0 unspecified atom stereocenters. The molecule has 0 aliphatic carbocycles. The van der Waals surface area contributed by atoms with Gasteiger partial charge in [-0.25, -0.2) is 0 Å². The molecule has 0 spiro atoms. The highest BCUT2D eigenvalue weighted by atomic mass is 32.2. The van der Waals surface area contributed by atoms with Crippen LogP contribution >= 0.6 is 11.8 Å². The number of ether oxygens (including phenoxy) is 1. The Balaban J connectivity index is 2.25. The summed E-state index contributed by atoms with van der Waals surface area (Å²) in [6.45, 7) is 12.1. The van der Waals surface area contributed by atoms with Gasteiger partial charge in [-0.3, -0.25) is 9.36 Å². The Morgan fingerprint density at radius 3 is 2.54 bits per heavy atom. The first-order valence-electron chi connectivity index (χ1n) is 8.42.